The SMILES string of the molecule is Cc1cc(Nc2ccccn2)nc(C2CCN(S(=O)(=O)N(C)C)C2)n1. The van der Waals surface area contributed by atoms with Gasteiger partial charge in [0.15, 0.2) is 0 Å². The molecular formula is C16H22N6O2S. The number of hydrogen-bond acceptors (Lipinski definition) is 6. The minimum absolute atomic E-state index is 0.0149. The molecule has 2 aromatic rings. The van der Waals surface area contributed by atoms with Crippen molar-refractivity contribution in [1.29, 1.82) is 0 Å². The van der Waals surface area contributed by atoms with Crippen LogP contribution >= 0.6 is 0 Å². The summed E-state index contributed by atoms with van der Waals surface area (Å²) in [5.74, 6) is 2.01. The summed E-state index contributed by atoms with van der Waals surface area (Å²) in [5.41, 5.74) is 0.831. The summed E-state index contributed by atoms with van der Waals surface area (Å²) in [6.45, 7) is 2.77. The molecule has 0 aromatic carbocycles. The predicted molar refractivity (Wildman–Crippen MR) is 95.8 cm³/mol. The summed E-state index contributed by atoms with van der Waals surface area (Å²) in [7, 11) is -0.316. The number of anilines is 2. The van der Waals surface area contributed by atoms with Crippen LogP contribution in [0.3, 0.4) is 0 Å². The van der Waals surface area contributed by atoms with E-state index in [2.05, 4.69) is 20.3 Å². The van der Waals surface area contributed by atoms with Gasteiger partial charge in [-0.05, 0) is 25.5 Å². The Morgan fingerprint density at radius 1 is 1.24 bits per heavy atom. The van der Waals surface area contributed by atoms with Gasteiger partial charge in [0, 0.05) is 51.1 Å². The Balaban J connectivity index is 1.79. The molecule has 9 heteroatoms. The normalized spacial score (nSPS) is 18.6. The first-order chi connectivity index (χ1) is 11.9. The van der Waals surface area contributed by atoms with Crippen molar-refractivity contribution >= 4 is 21.8 Å². The highest BCUT2D eigenvalue weighted by molar-refractivity contribution is 7.86. The minimum atomic E-state index is -3.40. The number of aromatic nitrogens is 3. The van der Waals surface area contributed by atoms with Crippen molar-refractivity contribution in [2.45, 2.75) is 19.3 Å². The Bertz CT molecular complexity index is 841. The van der Waals surface area contributed by atoms with E-state index in [0.29, 0.717) is 37.0 Å². The molecule has 0 bridgehead atoms. The molecule has 1 atom stereocenters. The molecule has 0 spiro atoms. The van der Waals surface area contributed by atoms with E-state index in [1.807, 2.05) is 31.2 Å². The molecule has 25 heavy (non-hydrogen) atoms. The third kappa shape index (κ3) is 3.94. The second-order valence-electron chi connectivity index (χ2n) is 6.23. The maximum Gasteiger partial charge on any atom is 0.281 e. The Kier molecular flexibility index (Phi) is 4.98. The molecule has 1 aliphatic rings. The summed E-state index contributed by atoms with van der Waals surface area (Å²) in [6.07, 6.45) is 2.41. The van der Waals surface area contributed by atoms with Gasteiger partial charge in [0.25, 0.3) is 10.2 Å². The minimum Gasteiger partial charge on any atom is -0.325 e. The standard InChI is InChI=1S/C16H22N6O2S/c1-12-10-15(19-14-6-4-5-8-17-14)20-16(18-12)13-7-9-22(11-13)25(23,24)21(2)3/h4-6,8,10,13H,7,9,11H2,1-3H3,(H,17,18,19,20). The molecule has 0 amide bonds. The number of nitrogens with one attached hydrogen (secondary N) is 1. The van der Waals surface area contributed by atoms with Crippen LogP contribution in [0, 0.1) is 6.92 Å². The molecule has 3 rings (SSSR count). The van der Waals surface area contributed by atoms with E-state index in [-0.39, 0.29) is 5.92 Å². The molecule has 3 heterocycles. The van der Waals surface area contributed by atoms with Crippen molar-refractivity contribution < 1.29 is 8.42 Å². The molecule has 1 N–H and O–H groups in total. The van der Waals surface area contributed by atoms with Gasteiger partial charge in [0.05, 0.1) is 0 Å². The van der Waals surface area contributed by atoms with Crippen LogP contribution < -0.4 is 5.32 Å². The van der Waals surface area contributed by atoms with Crippen molar-refractivity contribution in [2.24, 2.45) is 0 Å². The zero-order valence-corrected chi connectivity index (χ0v) is 15.4. The van der Waals surface area contributed by atoms with Crippen LogP contribution in [0.1, 0.15) is 23.9 Å². The summed E-state index contributed by atoms with van der Waals surface area (Å²) in [5, 5.41) is 3.17. The van der Waals surface area contributed by atoms with E-state index < -0.39 is 10.2 Å². The average Bonchev–Trinajstić information content (AvgIpc) is 3.06. The van der Waals surface area contributed by atoms with Crippen LogP contribution in [0.15, 0.2) is 30.5 Å². The Morgan fingerprint density at radius 2 is 2.04 bits per heavy atom. The van der Waals surface area contributed by atoms with Gasteiger partial charge in [-0.2, -0.15) is 17.0 Å². The van der Waals surface area contributed by atoms with Crippen molar-refractivity contribution in [3.8, 4) is 0 Å². The van der Waals surface area contributed by atoms with Crippen LogP contribution in [0.5, 0.6) is 0 Å². The number of rotatable bonds is 5. The summed E-state index contributed by atoms with van der Waals surface area (Å²) < 4.78 is 27.3. The van der Waals surface area contributed by atoms with Gasteiger partial charge in [-0.3, -0.25) is 0 Å². The van der Waals surface area contributed by atoms with Crippen LogP contribution in [0.25, 0.3) is 0 Å². The highest BCUT2D eigenvalue weighted by Crippen LogP contribution is 2.28. The lowest BCUT2D eigenvalue weighted by molar-refractivity contribution is 0.418. The molecule has 1 aliphatic heterocycles. The first-order valence-corrected chi connectivity index (χ1v) is 9.47. The van der Waals surface area contributed by atoms with Crippen LogP contribution in [-0.4, -0.2) is 59.2 Å². The maximum absolute atomic E-state index is 12.3. The van der Waals surface area contributed by atoms with E-state index in [0.717, 1.165) is 5.69 Å². The Hall–Kier alpha value is -2.10. The van der Waals surface area contributed by atoms with Crippen molar-refractivity contribution in [2.75, 3.05) is 32.5 Å². The van der Waals surface area contributed by atoms with Crippen molar-refractivity contribution in [3.05, 3.63) is 42.0 Å². The van der Waals surface area contributed by atoms with Gasteiger partial charge in [0.2, 0.25) is 0 Å². The molecule has 8 nitrogen and oxygen atoms in total. The highest BCUT2D eigenvalue weighted by Gasteiger charge is 2.34. The molecule has 2 aromatic heterocycles. The third-order valence-electron chi connectivity index (χ3n) is 4.10. The lowest BCUT2D eigenvalue weighted by atomic mass is 10.1. The van der Waals surface area contributed by atoms with Crippen LogP contribution in [0.2, 0.25) is 0 Å². The zero-order valence-electron chi connectivity index (χ0n) is 14.5. The zero-order chi connectivity index (χ0) is 18.0. The van der Waals surface area contributed by atoms with E-state index in [4.69, 9.17) is 0 Å². The number of hydrogen-bond donors (Lipinski definition) is 1. The van der Waals surface area contributed by atoms with Gasteiger partial charge < -0.3 is 5.32 Å². The fraction of sp³-hybridized carbons (Fsp3) is 0.438. The summed E-state index contributed by atoms with van der Waals surface area (Å²) in [6, 6.07) is 7.45. The molecular weight excluding hydrogens is 340 g/mol. The summed E-state index contributed by atoms with van der Waals surface area (Å²) >= 11 is 0. The molecule has 1 saturated heterocycles. The molecule has 1 fully saturated rings. The quantitative estimate of drug-likeness (QED) is 0.867. The number of pyridine rings is 1. The second-order valence-corrected chi connectivity index (χ2v) is 8.37. The molecule has 0 radical (unpaired) electrons. The van der Waals surface area contributed by atoms with E-state index >= 15 is 0 Å². The third-order valence-corrected chi connectivity index (χ3v) is 6.00. The van der Waals surface area contributed by atoms with Gasteiger partial charge in [0.1, 0.15) is 17.5 Å². The molecule has 0 saturated carbocycles. The summed E-state index contributed by atoms with van der Waals surface area (Å²) in [4.78, 5) is 13.3. The fourth-order valence-electron chi connectivity index (χ4n) is 2.79. The monoisotopic (exact) mass is 362 g/mol. The number of aryl methyl sites for hydroxylation is 1. The van der Waals surface area contributed by atoms with Gasteiger partial charge in [-0.1, -0.05) is 6.07 Å². The Morgan fingerprint density at radius 3 is 2.72 bits per heavy atom. The van der Waals surface area contributed by atoms with Gasteiger partial charge in [-0.25, -0.2) is 15.0 Å². The Labute approximate surface area is 148 Å². The first kappa shape index (κ1) is 17.7. The molecule has 1 unspecified atom stereocenters. The maximum atomic E-state index is 12.3. The first-order valence-electron chi connectivity index (χ1n) is 8.07. The van der Waals surface area contributed by atoms with Gasteiger partial charge in [-0.15, -0.1) is 0 Å². The number of nitrogens with zero attached hydrogens (tertiary/aromatic N) is 5. The second kappa shape index (κ2) is 7.03. The lowest BCUT2D eigenvalue weighted by Crippen LogP contribution is -2.38. The topological polar surface area (TPSA) is 91.3 Å². The lowest BCUT2D eigenvalue weighted by Gasteiger charge is -2.20. The van der Waals surface area contributed by atoms with Gasteiger partial charge >= 0.3 is 0 Å². The highest BCUT2D eigenvalue weighted by atomic mass is 32.2. The smallest absolute Gasteiger partial charge is 0.281 e. The van der Waals surface area contributed by atoms with Crippen molar-refractivity contribution in [1.82, 2.24) is 23.6 Å². The average molecular weight is 362 g/mol. The fourth-order valence-corrected chi connectivity index (χ4v) is 3.95. The molecule has 0 aliphatic carbocycles. The predicted octanol–water partition coefficient (Wildman–Crippen LogP) is 1.52. The van der Waals surface area contributed by atoms with E-state index in [1.165, 1.54) is 8.61 Å². The van der Waals surface area contributed by atoms with Crippen LogP contribution in [-0.2, 0) is 10.2 Å². The van der Waals surface area contributed by atoms with E-state index in [1.54, 1.807) is 20.3 Å². The molecule has 134 valence electrons. The van der Waals surface area contributed by atoms with E-state index in [9.17, 15) is 8.42 Å². The largest absolute Gasteiger partial charge is 0.325 e. The van der Waals surface area contributed by atoms with Crippen LogP contribution in [0.4, 0.5) is 11.6 Å². The van der Waals surface area contributed by atoms with Crippen molar-refractivity contribution in [3.63, 3.8) is 0 Å².